The molecule has 24 heavy (non-hydrogen) atoms. The summed E-state index contributed by atoms with van der Waals surface area (Å²) in [6.45, 7) is 4.28. The minimum absolute atomic E-state index is 0.101. The Morgan fingerprint density at radius 1 is 1.17 bits per heavy atom. The zero-order valence-electron chi connectivity index (χ0n) is 14.6. The van der Waals surface area contributed by atoms with Crippen LogP contribution in [0.25, 0.3) is 0 Å². The molecule has 3 aliphatic rings. The molecule has 1 saturated carbocycles. The SMILES string of the molecule is CCCS(=O)(=O)N1CCC(NC(=O)C2(C3CC3)CCOCC2)CC1. The molecular formula is C17H30N2O4S. The summed E-state index contributed by atoms with van der Waals surface area (Å²) in [6, 6.07) is 0.101. The van der Waals surface area contributed by atoms with Crippen molar-refractivity contribution in [2.24, 2.45) is 11.3 Å². The second kappa shape index (κ2) is 7.30. The van der Waals surface area contributed by atoms with Gasteiger partial charge in [0, 0.05) is 32.3 Å². The first-order valence-corrected chi connectivity index (χ1v) is 11.0. The van der Waals surface area contributed by atoms with Crippen LogP contribution in [0, 0.1) is 11.3 Å². The largest absolute Gasteiger partial charge is 0.381 e. The van der Waals surface area contributed by atoms with Crippen molar-refractivity contribution in [1.29, 1.82) is 0 Å². The zero-order chi connectivity index (χ0) is 17.2. The summed E-state index contributed by atoms with van der Waals surface area (Å²) in [5, 5.41) is 3.24. The molecule has 2 aliphatic heterocycles. The fraction of sp³-hybridized carbons (Fsp3) is 0.941. The van der Waals surface area contributed by atoms with Gasteiger partial charge < -0.3 is 10.1 Å². The number of hydrogen-bond acceptors (Lipinski definition) is 4. The predicted octanol–water partition coefficient (Wildman–Crippen LogP) is 1.51. The number of carbonyl (C=O) groups is 1. The molecule has 6 nitrogen and oxygen atoms in total. The van der Waals surface area contributed by atoms with Crippen molar-refractivity contribution >= 4 is 15.9 Å². The molecule has 0 bridgehead atoms. The fourth-order valence-electron chi connectivity index (χ4n) is 4.19. The molecule has 0 unspecified atom stereocenters. The number of carbonyl (C=O) groups excluding carboxylic acids is 1. The Hall–Kier alpha value is -0.660. The lowest BCUT2D eigenvalue weighted by atomic mass is 9.74. The Morgan fingerprint density at radius 3 is 2.33 bits per heavy atom. The Bertz CT molecular complexity index is 545. The van der Waals surface area contributed by atoms with Crippen molar-refractivity contribution in [3.05, 3.63) is 0 Å². The van der Waals surface area contributed by atoms with Gasteiger partial charge in [0.05, 0.1) is 11.2 Å². The Kier molecular flexibility index (Phi) is 5.52. The van der Waals surface area contributed by atoms with Crippen molar-refractivity contribution in [2.45, 2.75) is 57.9 Å². The summed E-state index contributed by atoms with van der Waals surface area (Å²) in [5.41, 5.74) is -0.232. The molecule has 1 aliphatic carbocycles. The van der Waals surface area contributed by atoms with Crippen molar-refractivity contribution in [3.63, 3.8) is 0 Å². The summed E-state index contributed by atoms with van der Waals surface area (Å²) < 4.78 is 31.3. The van der Waals surface area contributed by atoms with Crippen LogP contribution < -0.4 is 5.32 Å². The number of nitrogens with one attached hydrogen (secondary N) is 1. The van der Waals surface area contributed by atoms with Gasteiger partial charge in [0.2, 0.25) is 15.9 Å². The van der Waals surface area contributed by atoms with Crippen LogP contribution in [-0.2, 0) is 19.6 Å². The molecule has 138 valence electrons. The third kappa shape index (κ3) is 3.78. The van der Waals surface area contributed by atoms with Crippen LogP contribution in [0.3, 0.4) is 0 Å². The van der Waals surface area contributed by atoms with E-state index < -0.39 is 10.0 Å². The average Bonchev–Trinajstić information content (AvgIpc) is 3.41. The fourth-order valence-corrected chi connectivity index (χ4v) is 5.73. The van der Waals surface area contributed by atoms with Crippen LogP contribution in [-0.4, -0.2) is 56.7 Å². The van der Waals surface area contributed by atoms with Crippen molar-refractivity contribution in [2.75, 3.05) is 32.1 Å². The van der Waals surface area contributed by atoms with E-state index in [-0.39, 0.29) is 23.1 Å². The third-order valence-corrected chi connectivity index (χ3v) is 7.92. The number of rotatable bonds is 6. The quantitative estimate of drug-likeness (QED) is 0.781. The van der Waals surface area contributed by atoms with Crippen molar-refractivity contribution in [3.8, 4) is 0 Å². The van der Waals surface area contributed by atoms with Crippen molar-refractivity contribution in [1.82, 2.24) is 9.62 Å². The normalized spacial score (nSPS) is 26.2. The number of piperidine rings is 1. The van der Waals surface area contributed by atoms with Gasteiger partial charge in [-0.2, -0.15) is 0 Å². The summed E-state index contributed by atoms with van der Waals surface area (Å²) in [5.74, 6) is 0.920. The first-order chi connectivity index (χ1) is 11.5. The first-order valence-electron chi connectivity index (χ1n) is 9.34. The van der Waals surface area contributed by atoms with Gasteiger partial charge >= 0.3 is 0 Å². The van der Waals surface area contributed by atoms with Gasteiger partial charge in [-0.25, -0.2) is 12.7 Å². The Labute approximate surface area is 145 Å². The molecule has 3 fully saturated rings. The summed E-state index contributed by atoms with van der Waals surface area (Å²) >= 11 is 0. The van der Waals surface area contributed by atoms with Gasteiger partial charge in [-0.15, -0.1) is 0 Å². The minimum atomic E-state index is -3.12. The molecule has 2 heterocycles. The van der Waals surface area contributed by atoms with Crippen LogP contribution in [0.15, 0.2) is 0 Å². The second-order valence-corrected chi connectivity index (χ2v) is 9.59. The highest BCUT2D eigenvalue weighted by molar-refractivity contribution is 7.89. The average molecular weight is 359 g/mol. The number of amides is 1. The lowest BCUT2D eigenvalue weighted by Gasteiger charge is -2.39. The van der Waals surface area contributed by atoms with Gasteiger partial charge in [-0.3, -0.25) is 4.79 Å². The van der Waals surface area contributed by atoms with Gasteiger partial charge in [0.1, 0.15) is 0 Å². The molecule has 0 aromatic heterocycles. The highest BCUT2D eigenvalue weighted by atomic mass is 32.2. The molecule has 0 atom stereocenters. The minimum Gasteiger partial charge on any atom is -0.381 e. The number of ether oxygens (including phenoxy) is 1. The summed E-state index contributed by atoms with van der Waals surface area (Å²) in [7, 11) is -3.12. The molecule has 1 amide bonds. The highest BCUT2D eigenvalue weighted by Gasteiger charge is 2.51. The zero-order valence-corrected chi connectivity index (χ0v) is 15.4. The van der Waals surface area contributed by atoms with E-state index in [9.17, 15) is 13.2 Å². The first kappa shape index (κ1) is 18.1. The summed E-state index contributed by atoms with van der Waals surface area (Å²) in [6.07, 6.45) is 6.03. The maximum absolute atomic E-state index is 13.0. The molecule has 0 aromatic rings. The van der Waals surface area contributed by atoms with E-state index in [0.717, 1.165) is 25.7 Å². The molecule has 2 saturated heterocycles. The van der Waals surface area contributed by atoms with E-state index in [1.165, 1.54) is 0 Å². The lowest BCUT2D eigenvalue weighted by molar-refractivity contribution is -0.139. The molecule has 0 aromatic carbocycles. The maximum Gasteiger partial charge on any atom is 0.226 e. The topological polar surface area (TPSA) is 75.7 Å². The van der Waals surface area contributed by atoms with Gasteiger partial charge in [0.25, 0.3) is 0 Å². The van der Waals surface area contributed by atoms with E-state index in [1.807, 2.05) is 6.92 Å². The highest BCUT2D eigenvalue weighted by Crippen LogP contribution is 2.51. The molecule has 1 N–H and O–H groups in total. The molecule has 7 heteroatoms. The molecule has 0 spiro atoms. The van der Waals surface area contributed by atoms with Gasteiger partial charge in [0.15, 0.2) is 0 Å². The lowest BCUT2D eigenvalue weighted by Crippen LogP contribution is -2.52. The van der Waals surface area contributed by atoms with E-state index in [4.69, 9.17) is 4.74 Å². The smallest absolute Gasteiger partial charge is 0.226 e. The molecule has 0 radical (unpaired) electrons. The van der Waals surface area contributed by atoms with E-state index >= 15 is 0 Å². The number of sulfonamides is 1. The van der Waals surface area contributed by atoms with Crippen LogP contribution in [0.4, 0.5) is 0 Å². The molecule has 3 rings (SSSR count). The monoisotopic (exact) mass is 358 g/mol. The van der Waals surface area contributed by atoms with Gasteiger partial charge in [-0.05, 0) is 50.9 Å². The number of hydrogen-bond donors (Lipinski definition) is 1. The van der Waals surface area contributed by atoms with Crippen LogP contribution in [0.5, 0.6) is 0 Å². The van der Waals surface area contributed by atoms with Gasteiger partial charge in [-0.1, -0.05) is 6.92 Å². The van der Waals surface area contributed by atoms with Crippen LogP contribution >= 0.6 is 0 Å². The van der Waals surface area contributed by atoms with Crippen LogP contribution in [0.1, 0.15) is 51.9 Å². The number of nitrogens with zero attached hydrogens (tertiary/aromatic N) is 1. The van der Waals surface area contributed by atoms with E-state index in [1.54, 1.807) is 4.31 Å². The second-order valence-electron chi connectivity index (χ2n) is 7.51. The third-order valence-electron chi connectivity index (χ3n) is 5.84. The van der Waals surface area contributed by atoms with Crippen molar-refractivity contribution < 1.29 is 17.9 Å². The van der Waals surface area contributed by atoms with E-state index in [2.05, 4.69) is 5.32 Å². The maximum atomic E-state index is 13.0. The molecular weight excluding hydrogens is 328 g/mol. The van der Waals surface area contributed by atoms with Crippen LogP contribution in [0.2, 0.25) is 0 Å². The summed E-state index contributed by atoms with van der Waals surface area (Å²) in [4.78, 5) is 13.0. The Morgan fingerprint density at radius 2 is 1.79 bits per heavy atom. The standard InChI is InChI=1S/C17H30N2O4S/c1-2-13-24(21,22)19-9-5-15(6-10-19)18-16(20)17(14-3-4-14)7-11-23-12-8-17/h14-15H,2-13H2,1H3,(H,18,20). The Balaban J connectivity index is 1.55. The predicted molar refractivity (Wildman–Crippen MR) is 92.0 cm³/mol. The van der Waals surface area contributed by atoms with E-state index in [0.29, 0.717) is 51.5 Å².